The Morgan fingerprint density at radius 3 is 2.56 bits per heavy atom. The van der Waals surface area contributed by atoms with Gasteiger partial charge in [-0.15, -0.1) is 0 Å². The van der Waals surface area contributed by atoms with Gasteiger partial charge >= 0.3 is 0 Å². The third-order valence-electron chi connectivity index (χ3n) is 2.35. The highest BCUT2D eigenvalue weighted by molar-refractivity contribution is 9.10. The van der Waals surface area contributed by atoms with Crippen molar-refractivity contribution in [1.82, 2.24) is 0 Å². The van der Waals surface area contributed by atoms with E-state index < -0.39 is 0 Å². The van der Waals surface area contributed by atoms with Crippen LogP contribution in [-0.4, -0.2) is 5.11 Å². The first-order valence-electron chi connectivity index (χ1n) is 5.13. The summed E-state index contributed by atoms with van der Waals surface area (Å²) in [5.74, 6) is 0.994. The second kappa shape index (κ2) is 5.93. The van der Waals surface area contributed by atoms with E-state index in [1.807, 2.05) is 6.07 Å². The van der Waals surface area contributed by atoms with Crippen molar-refractivity contribution in [3.63, 3.8) is 0 Å². The van der Waals surface area contributed by atoms with Gasteiger partial charge in [-0.05, 0) is 30.3 Å². The van der Waals surface area contributed by atoms with E-state index in [0.717, 1.165) is 4.47 Å². The van der Waals surface area contributed by atoms with Crippen molar-refractivity contribution in [2.45, 2.75) is 6.61 Å². The van der Waals surface area contributed by atoms with Gasteiger partial charge in [0, 0.05) is 15.1 Å². The fourth-order valence-electron chi connectivity index (χ4n) is 1.46. The first-order chi connectivity index (χ1) is 8.61. The smallest absolute Gasteiger partial charge is 0.147 e. The standard InChI is InChI=1S/C13H9BrCl2O2/c14-8-4-5-11(16)13(6-8)18-12-3-1-2-10(15)9(12)7-17/h1-6,17H,7H2. The SMILES string of the molecule is OCc1c(Cl)cccc1Oc1cc(Br)ccc1Cl. The molecule has 2 aromatic carbocycles. The van der Waals surface area contributed by atoms with E-state index >= 15 is 0 Å². The van der Waals surface area contributed by atoms with Crippen molar-refractivity contribution in [2.24, 2.45) is 0 Å². The Labute approximate surface area is 123 Å². The molecule has 2 aromatic rings. The van der Waals surface area contributed by atoms with Crippen LogP contribution in [0.2, 0.25) is 10.0 Å². The average molecular weight is 348 g/mol. The van der Waals surface area contributed by atoms with Crippen molar-refractivity contribution < 1.29 is 9.84 Å². The van der Waals surface area contributed by atoms with Crippen LogP contribution in [0, 0.1) is 0 Å². The normalized spacial score (nSPS) is 10.4. The highest BCUT2D eigenvalue weighted by Crippen LogP contribution is 2.35. The molecule has 0 unspecified atom stereocenters. The maximum atomic E-state index is 9.29. The molecule has 2 rings (SSSR count). The quantitative estimate of drug-likeness (QED) is 0.842. The van der Waals surface area contributed by atoms with Gasteiger partial charge in [0.15, 0.2) is 0 Å². The lowest BCUT2D eigenvalue weighted by Gasteiger charge is -2.12. The summed E-state index contributed by atoms with van der Waals surface area (Å²) in [5.41, 5.74) is 0.537. The molecule has 0 saturated carbocycles. The molecule has 94 valence electrons. The van der Waals surface area contributed by atoms with E-state index in [1.54, 1.807) is 30.3 Å². The predicted molar refractivity (Wildman–Crippen MR) is 76.6 cm³/mol. The Kier molecular flexibility index (Phi) is 4.51. The van der Waals surface area contributed by atoms with Gasteiger partial charge in [0.2, 0.25) is 0 Å². The molecule has 0 heterocycles. The molecule has 0 spiro atoms. The largest absolute Gasteiger partial charge is 0.455 e. The van der Waals surface area contributed by atoms with Gasteiger partial charge in [-0.25, -0.2) is 0 Å². The first kappa shape index (κ1) is 13.7. The number of hydrogen-bond acceptors (Lipinski definition) is 2. The number of halogens is 3. The Morgan fingerprint density at radius 1 is 1.06 bits per heavy atom. The highest BCUT2D eigenvalue weighted by Gasteiger charge is 2.10. The van der Waals surface area contributed by atoms with Crippen LogP contribution >= 0.6 is 39.1 Å². The van der Waals surface area contributed by atoms with Gasteiger partial charge in [0.05, 0.1) is 11.6 Å². The van der Waals surface area contributed by atoms with Crippen molar-refractivity contribution in [3.05, 3.63) is 56.5 Å². The summed E-state index contributed by atoms with van der Waals surface area (Å²) in [6.45, 7) is -0.194. The summed E-state index contributed by atoms with van der Waals surface area (Å²) in [6.07, 6.45) is 0. The minimum Gasteiger partial charge on any atom is -0.455 e. The minimum atomic E-state index is -0.194. The molecule has 0 aliphatic heterocycles. The summed E-state index contributed by atoms with van der Waals surface area (Å²) >= 11 is 15.4. The zero-order valence-corrected chi connectivity index (χ0v) is 12.3. The minimum absolute atomic E-state index is 0.194. The van der Waals surface area contributed by atoms with Gasteiger partial charge in [-0.3, -0.25) is 0 Å². The highest BCUT2D eigenvalue weighted by atomic mass is 79.9. The third-order valence-corrected chi connectivity index (χ3v) is 3.51. The van der Waals surface area contributed by atoms with Crippen LogP contribution in [-0.2, 0) is 6.61 Å². The van der Waals surface area contributed by atoms with Crippen molar-refractivity contribution in [2.75, 3.05) is 0 Å². The number of aliphatic hydroxyl groups excluding tert-OH is 1. The Morgan fingerprint density at radius 2 is 1.83 bits per heavy atom. The van der Waals surface area contributed by atoms with Crippen molar-refractivity contribution in [1.29, 1.82) is 0 Å². The van der Waals surface area contributed by atoms with E-state index in [-0.39, 0.29) is 6.61 Å². The van der Waals surface area contributed by atoms with Crippen LogP contribution in [0.15, 0.2) is 40.9 Å². The van der Waals surface area contributed by atoms with Crippen LogP contribution in [0.25, 0.3) is 0 Å². The maximum Gasteiger partial charge on any atom is 0.147 e. The Hall–Kier alpha value is -0.740. The van der Waals surface area contributed by atoms with Gasteiger partial charge in [0.25, 0.3) is 0 Å². The Balaban J connectivity index is 2.40. The molecule has 18 heavy (non-hydrogen) atoms. The molecule has 0 radical (unpaired) electrons. The molecular formula is C13H9BrCl2O2. The van der Waals surface area contributed by atoms with E-state index in [2.05, 4.69) is 15.9 Å². The van der Waals surface area contributed by atoms with Gasteiger partial charge < -0.3 is 9.84 Å². The molecular weight excluding hydrogens is 339 g/mol. The summed E-state index contributed by atoms with van der Waals surface area (Å²) in [7, 11) is 0. The number of benzene rings is 2. The summed E-state index contributed by atoms with van der Waals surface area (Å²) in [4.78, 5) is 0. The summed E-state index contributed by atoms with van der Waals surface area (Å²) < 4.78 is 6.54. The van der Waals surface area contributed by atoms with Crippen LogP contribution in [0.3, 0.4) is 0 Å². The van der Waals surface area contributed by atoms with E-state index in [1.165, 1.54) is 0 Å². The van der Waals surface area contributed by atoms with Crippen molar-refractivity contribution >= 4 is 39.1 Å². The van der Waals surface area contributed by atoms with Gasteiger partial charge in [0.1, 0.15) is 11.5 Å². The van der Waals surface area contributed by atoms with E-state index in [9.17, 15) is 5.11 Å². The van der Waals surface area contributed by atoms with Crippen LogP contribution in [0.4, 0.5) is 0 Å². The fourth-order valence-corrected chi connectivity index (χ4v) is 2.18. The number of hydrogen-bond donors (Lipinski definition) is 1. The molecule has 0 bridgehead atoms. The zero-order valence-electron chi connectivity index (χ0n) is 9.16. The average Bonchev–Trinajstić information content (AvgIpc) is 2.34. The number of ether oxygens (including phenoxy) is 1. The molecule has 0 aromatic heterocycles. The van der Waals surface area contributed by atoms with E-state index in [4.69, 9.17) is 27.9 Å². The zero-order chi connectivity index (χ0) is 13.1. The lowest BCUT2D eigenvalue weighted by molar-refractivity contribution is 0.276. The number of aliphatic hydroxyl groups is 1. The molecule has 0 fully saturated rings. The summed E-state index contributed by atoms with van der Waals surface area (Å²) in [6, 6.07) is 10.5. The maximum absolute atomic E-state index is 9.29. The molecule has 0 amide bonds. The predicted octanol–water partition coefficient (Wildman–Crippen LogP) is 5.04. The molecule has 0 saturated heterocycles. The van der Waals surface area contributed by atoms with Gasteiger partial charge in [-0.2, -0.15) is 0 Å². The first-order valence-corrected chi connectivity index (χ1v) is 6.68. The number of rotatable bonds is 3. The molecule has 5 heteroatoms. The second-order valence-corrected chi connectivity index (χ2v) is 5.28. The lowest BCUT2D eigenvalue weighted by atomic mass is 10.2. The van der Waals surface area contributed by atoms with Crippen LogP contribution in [0.1, 0.15) is 5.56 Å². The Bertz CT molecular complexity index is 573. The monoisotopic (exact) mass is 346 g/mol. The van der Waals surface area contributed by atoms with E-state index in [0.29, 0.717) is 27.1 Å². The molecule has 2 nitrogen and oxygen atoms in total. The fraction of sp³-hybridized carbons (Fsp3) is 0.0769. The third kappa shape index (κ3) is 2.98. The molecule has 1 N–H and O–H groups in total. The topological polar surface area (TPSA) is 29.5 Å². The van der Waals surface area contributed by atoms with Crippen molar-refractivity contribution in [3.8, 4) is 11.5 Å². The van der Waals surface area contributed by atoms with Crippen LogP contribution < -0.4 is 4.74 Å². The summed E-state index contributed by atoms with van der Waals surface area (Å²) in [5, 5.41) is 10.2. The lowest BCUT2D eigenvalue weighted by Crippen LogP contribution is -1.93. The van der Waals surface area contributed by atoms with Crippen LogP contribution in [0.5, 0.6) is 11.5 Å². The van der Waals surface area contributed by atoms with Gasteiger partial charge in [-0.1, -0.05) is 45.2 Å². The molecule has 0 aliphatic rings. The molecule has 0 aliphatic carbocycles. The second-order valence-electron chi connectivity index (χ2n) is 3.55. The molecule has 0 atom stereocenters.